The first-order valence-corrected chi connectivity index (χ1v) is 5.51. The summed E-state index contributed by atoms with van der Waals surface area (Å²) in [6, 6.07) is 0. The van der Waals surface area contributed by atoms with Gasteiger partial charge < -0.3 is 14.8 Å². The van der Waals surface area contributed by atoms with Crippen LogP contribution in [0.5, 0.6) is 0 Å². The molecule has 0 radical (unpaired) electrons. The van der Waals surface area contributed by atoms with Crippen LogP contribution in [0, 0.1) is 5.92 Å². The van der Waals surface area contributed by atoms with Gasteiger partial charge in [-0.25, -0.2) is 0 Å². The van der Waals surface area contributed by atoms with Gasteiger partial charge in [0.2, 0.25) is 0 Å². The smallest absolute Gasteiger partial charge is 0.0932 e. The molecule has 1 N–H and O–H groups in total. The van der Waals surface area contributed by atoms with Crippen molar-refractivity contribution in [3.05, 3.63) is 0 Å². The Bertz CT molecular complexity index is 118. The molecule has 0 rings (SSSR count). The quantitative estimate of drug-likeness (QED) is 0.578. The maximum atomic E-state index is 5.70. The molecule has 0 aromatic rings. The summed E-state index contributed by atoms with van der Waals surface area (Å²) in [5.74, 6) is 0.584. The molecule has 0 fully saturated rings. The van der Waals surface area contributed by atoms with E-state index in [1.54, 1.807) is 7.11 Å². The molecule has 1 atom stereocenters. The van der Waals surface area contributed by atoms with Gasteiger partial charge in [0.05, 0.1) is 12.7 Å². The van der Waals surface area contributed by atoms with Crippen LogP contribution in [-0.4, -0.2) is 39.5 Å². The van der Waals surface area contributed by atoms with Gasteiger partial charge in [0.25, 0.3) is 0 Å². The summed E-state index contributed by atoms with van der Waals surface area (Å²) in [4.78, 5) is 0. The molecule has 0 spiro atoms. The summed E-state index contributed by atoms with van der Waals surface area (Å²) in [5, 5.41) is 3.34. The van der Waals surface area contributed by atoms with Crippen molar-refractivity contribution in [1.29, 1.82) is 0 Å². The third-order valence-corrected chi connectivity index (χ3v) is 1.82. The summed E-state index contributed by atoms with van der Waals surface area (Å²) in [5.41, 5.74) is 0. The van der Waals surface area contributed by atoms with Crippen molar-refractivity contribution in [3.63, 3.8) is 0 Å². The fourth-order valence-electron chi connectivity index (χ4n) is 1.12. The third-order valence-electron chi connectivity index (χ3n) is 1.82. The number of nitrogens with one attached hydrogen (secondary N) is 1. The first-order valence-electron chi connectivity index (χ1n) is 5.51. The Morgan fingerprint density at radius 3 is 2.43 bits per heavy atom. The van der Waals surface area contributed by atoms with Gasteiger partial charge in [0, 0.05) is 20.3 Å². The molecule has 86 valence electrons. The number of ether oxygens (including phenoxy) is 2. The zero-order valence-electron chi connectivity index (χ0n) is 10.0. The van der Waals surface area contributed by atoms with Crippen LogP contribution in [-0.2, 0) is 9.47 Å². The molecule has 0 saturated heterocycles. The normalized spacial score (nSPS) is 13.5. The lowest BCUT2D eigenvalue weighted by Gasteiger charge is -2.18. The van der Waals surface area contributed by atoms with E-state index in [1.807, 2.05) is 0 Å². The van der Waals surface area contributed by atoms with E-state index in [0.717, 1.165) is 26.1 Å². The van der Waals surface area contributed by atoms with Gasteiger partial charge in [0.1, 0.15) is 0 Å². The third kappa shape index (κ3) is 8.48. The Kier molecular flexibility index (Phi) is 9.35. The molecular formula is C11H25NO2. The number of rotatable bonds is 9. The van der Waals surface area contributed by atoms with Crippen molar-refractivity contribution >= 4 is 0 Å². The minimum absolute atomic E-state index is 0.189. The maximum absolute atomic E-state index is 5.70. The van der Waals surface area contributed by atoms with Crippen LogP contribution in [0.3, 0.4) is 0 Å². The molecule has 1 unspecified atom stereocenters. The summed E-state index contributed by atoms with van der Waals surface area (Å²) in [6.45, 7) is 9.88. The predicted octanol–water partition coefficient (Wildman–Crippen LogP) is 1.67. The van der Waals surface area contributed by atoms with Gasteiger partial charge >= 0.3 is 0 Å². The summed E-state index contributed by atoms with van der Waals surface area (Å²) in [6.07, 6.45) is 1.35. The van der Waals surface area contributed by atoms with E-state index < -0.39 is 0 Å². The Morgan fingerprint density at radius 2 is 1.93 bits per heavy atom. The van der Waals surface area contributed by atoms with Crippen molar-refractivity contribution in [3.8, 4) is 0 Å². The van der Waals surface area contributed by atoms with Crippen molar-refractivity contribution in [2.45, 2.75) is 33.3 Å². The minimum Gasteiger partial charge on any atom is -0.382 e. The maximum Gasteiger partial charge on any atom is 0.0932 e. The summed E-state index contributed by atoms with van der Waals surface area (Å²) < 4.78 is 10.8. The molecule has 3 nitrogen and oxygen atoms in total. The van der Waals surface area contributed by atoms with E-state index in [0.29, 0.717) is 12.5 Å². The average Bonchev–Trinajstić information content (AvgIpc) is 2.14. The molecule has 0 aliphatic rings. The zero-order valence-corrected chi connectivity index (χ0v) is 10.0. The molecule has 0 aromatic carbocycles. The Labute approximate surface area is 88.2 Å². The van der Waals surface area contributed by atoms with E-state index >= 15 is 0 Å². The predicted molar refractivity (Wildman–Crippen MR) is 59.6 cm³/mol. The largest absolute Gasteiger partial charge is 0.382 e. The van der Waals surface area contributed by atoms with E-state index in [-0.39, 0.29) is 6.10 Å². The fraction of sp³-hybridized carbons (Fsp3) is 1.00. The minimum atomic E-state index is 0.189. The lowest BCUT2D eigenvalue weighted by molar-refractivity contribution is -0.0116. The van der Waals surface area contributed by atoms with Crippen LogP contribution in [0.25, 0.3) is 0 Å². The molecule has 0 amide bonds. The van der Waals surface area contributed by atoms with Crippen molar-refractivity contribution in [2.24, 2.45) is 5.92 Å². The van der Waals surface area contributed by atoms with E-state index in [4.69, 9.17) is 9.47 Å². The van der Waals surface area contributed by atoms with Crippen LogP contribution >= 0.6 is 0 Å². The summed E-state index contributed by atoms with van der Waals surface area (Å²) in [7, 11) is 1.71. The highest BCUT2D eigenvalue weighted by atomic mass is 16.5. The van der Waals surface area contributed by atoms with Gasteiger partial charge in [-0.2, -0.15) is 0 Å². The second-order valence-electron chi connectivity index (χ2n) is 4.01. The van der Waals surface area contributed by atoms with Crippen LogP contribution in [0.1, 0.15) is 27.2 Å². The van der Waals surface area contributed by atoms with Crippen LogP contribution in [0.15, 0.2) is 0 Å². The van der Waals surface area contributed by atoms with Crippen LogP contribution < -0.4 is 5.32 Å². The number of hydrogen-bond acceptors (Lipinski definition) is 3. The second-order valence-corrected chi connectivity index (χ2v) is 4.01. The lowest BCUT2D eigenvalue weighted by atomic mass is 10.2. The van der Waals surface area contributed by atoms with Gasteiger partial charge in [-0.1, -0.05) is 20.8 Å². The molecule has 3 heteroatoms. The molecule has 0 bridgehead atoms. The molecule has 0 aliphatic heterocycles. The lowest BCUT2D eigenvalue weighted by Crippen LogP contribution is -2.33. The zero-order chi connectivity index (χ0) is 10.8. The van der Waals surface area contributed by atoms with Gasteiger partial charge in [-0.05, 0) is 18.9 Å². The Morgan fingerprint density at radius 1 is 1.21 bits per heavy atom. The van der Waals surface area contributed by atoms with E-state index in [1.165, 1.54) is 0 Å². The average molecular weight is 203 g/mol. The summed E-state index contributed by atoms with van der Waals surface area (Å²) >= 11 is 0. The van der Waals surface area contributed by atoms with Crippen molar-refractivity contribution in [2.75, 3.05) is 33.4 Å². The first-order chi connectivity index (χ1) is 6.70. The molecule has 0 saturated carbocycles. The number of hydrogen-bond donors (Lipinski definition) is 1. The van der Waals surface area contributed by atoms with E-state index in [9.17, 15) is 0 Å². The molecular weight excluding hydrogens is 178 g/mol. The molecule has 0 heterocycles. The van der Waals surface area contributed by atoms with Gasteiger partial charge in [0.15, 0.2) is 0 Å². The highest BCUT2D eigenvalue weighted by Crippen LogP contribution is 1.98. The van der Waals surface area contributed by atoms with Gasteiger partial charge in [-0.15, -0.1) is 0 Å². The standard InChI is InChI=1S/C11H25NO2/c1-5-6-12-7-11(9-13-4)14-8-10(2)3/h10-12H,5-9H2,1-4H3. The monoisotopic (exact) mass is 203 g/mol. The topological polar surface area (TPSA) is 30.5 Å². The van der Waals surface area contributed by atoms with Crippen molar-refractivity contribution in [1.82, 2.24) is 5.32 Å². The van der Waals surface area contributed by atoms with E-state index in [2.05, 4.69) is 26.1 Å². The Balaban J connectivity index is 3.54. The highest BCUT2D eigenvalue weighted by Gasteiger charge is 2.08. The van der Waals surface area contributed by atoms with Crippen molar-refractivity contribution < 1.29 is 9.47 Å². The fourth-order valence-corrected chi connectivity index (χ4v) is 1.12. The van der Waals surface area contributed by atoms with Crippen LogP contribution in [0.4, 0.5) is 0 Å². The Hall–Kier alpha value is -0.120. The second kappa shape index (κ2) is 9.44. The van der Waals surface area contributed by atoms with Crippen LogP contribution in [0.2, 0.25) is 0 Å². The number of methoxy groups -OCH3 is 1. The first kappa shape index (κ1) is 13.9. The van der Waals surface area contributed by atoms with Gasteiger partial charge in [-0.3, -0.25) is 0 Å². The molecule has 0 aliphatic carbocycles. The highest BCUT2D eigenvalue weighted by molar-refractivity contribution is 4.61. The molecule has 14 heavy (non-hydrogen) atoms. The SMILES string of the molecule is CCCNCC(COC)OCC(C)C. The molecule has 0 aromatic heterocycles.